The first-order chi connectivity index (χ1) is 6.81. The van der Waals surface area contributed by atoms with Crippen LogP contribution in [0.25, 0.3) is 10.8 Å². The van der Waals surface area contributed by atoms with E-state index in [1.165, 1.54) is 16.3 Å². The van der Waals surface area contributed by atoms with Crippen molar-refractivity contribution >= 4 is 30.9 Å². The number of hydrogen-bond acceptors (Lipinski definition) is 0. The van der Waals surface area contributed by atoms with Crippen molar-refractivity contribution in [3.63, 3.8) is 0 Å². The number of hydrogen-bond donors (Lipinski definition) is 0. The summed E-state index contributed by atoms with van der Waals surface area (Å²) in [5.74, 6) is 0. The second-order valence-electron chi connectivity index (χ2n) is 2.90. The van der Waals surface area contributed by atoms with E-state index in [0.29, 0.717) is 0 Å². The fourth-order valence-electron chi connectivity index (χ4n) is 1.42. The predicted molar refractivity (Wildman–Crippen MR) is 60.6 cm³/mol. The van der Waals surface area contributed by atoms with Crippen molar-refractivity contribution in [3.8, 4) is 0 Å². The third-order valence-electron chi connectivity index (χ3n) is 2.09. The third-order valence-corrected chi connectivity index (χ3v) is 2.09. The van der Waals surface area contributed by atoms with Gasteiger partial charge in [-0.15, -0.1) is 40.6 Å². The van der Waals surface area contributed by atoms with Crippen LogP contribution in [-0.2, 0) is 19.8 Å². The van der Waals surface area contributed by atoms with Gasteiger partial charge in [-0.25, -0.2) is 0 Å². The van der Waals surface area contributed by atoms with Crippen LogP contribution >= 0.6 is 20.1 Å². The van der Waals surface area contributed by atoms with E-state index in [-0.39, 0.29) is 13.4 Å². The van der Waals surface area contributed by atoms with Gasteiger partial charge in [-0.3, -0.25) is 0 Å². The first-order valence-electron chi connectivity index (χ1n) is 4.35. The number of halogens is 2. The van der Waals surface area contributed by atoms with Crippen LogP contribution in [0, 0.1) is 0 Å². The van der Waals surface area contributed by atoms with Crippen molar-refractivity contribution in [2.75, 3.05) is 0 Å². The second kappa shape index (κ2) is 6.43. The van der Waals surface area contributed by atoms with Crippen molar-refractivity contribution in [1.29, 1.82) is 0 Å². The van der Waals surface area contributed by atoms with Gasteiger partial charge < -0.3 is 0 Å². The summed E-state index contributed by atoms with van der Waals surface area (Å²) in [6.07, 6.45) is 1.13. The molecule has 75 valence electrons. The fraction of sp³-hybridized carbons (Fsp3) is 0.182. The van der Waals surface area contributed by atoms with E-state index >= 15 is 0 Å². The van der Waals surface area contributed by atoms with Gasteiger partial charge in [0.2, 0.25) is 0 Å². The molecule has 0 atom stereocenters. The van der Waals surface area contributed by atoms with Crippen molar-refractivity contribution < 1.29 is 13.4 Å². The molecule has 2 aromatic carbocycles. The molecule has 3 heteroatoms. The van der Waals surface area contributed by atoms with Crippen LogP contribution in [0.1, 0.15) is 12.5 Å². The predicted octanol–water partition coefficient (Wildman–Crippen LogP) is 4.50. The third kappa shape index (κ3) is 3.26. The standard InChI is InChI=1S/C11H11.2ClH.Cr/c1-2-9-7-10-5-3-4-6-11(10)8-9;;;/h3-8H,2H2,1H3;2*1H;/q-1;;;+3/p-2. The Bertz CT molecular complexity index is 348. The van der Waals surface area contributed by atoms with E-state index in [1.54, 1.807) is 0 Å². The summed E-state index contributed by atoms with van der Waals surface area (Å²) in [4.78, 5) is 0. The second-order valence-corrected chi connectivity index (χ2v) is 5.01. The Kier molecular flexibility index (Phi) is 5.52. The minimum absolute atomic E-state index is 0.181. The summed E-state index contributed by atoms with van der Waals surface area (Å²) >= 11 is -0.181. The summed E-state index contributed by atoms with van der Waals surface area (Å²) in [5.41, 5.74) is 1.44. The van der Waals surface area contributed by atoms with E-state index in [1.807, 2.05) is 0 Å². The summed E-state index contributed by atoms with van der Waals surface area (Å²) in [6, 6.07) is 13.0. The van der Waals surface area contributed by atoms with Gasteiger partial charge in [0.25, 0.3) is 0 Å². The fourth-order valence-corrected chi connectivity index (χ4v) is 1.42. The summed E-state index contributed by atoms with van der Waals surface area (Å²) in [5, 5.41) is 2.73. The van der Waals surface area contributed by atoms with Crippen LogP contribution in [0.5, 0.6) is 0 Å². The van der Waals surface area contributed by atoms with Crippen LogP contribution in [0.4, 0.5) is 0 Å². The average Bonchev–Trinajstić information content (AvgIpc) is 2.61. The van der Waals surface area contributed by atoms with Gasteiger partial charge in [-0.2, -0.15) is 6.07 Å². The maximum atomic E-state index is 4.83. The molecule has 0 aliphatic carbocycles. The Balaban J connectivity index is 0.000000293. The van der Waals surface area contributed by atoms with E-state index in [4.69, 9.17) is 20.1 Å². The first kappa shape index (κ1) is 12.0. The van der Waals surface area contributed by atoms with E-state index < -0.39 is 0 Å². The van der Waals surface area contributed by atoms with Crippen molar-refractivity contribution in [1.82, 2.24) is 0 Å². The van der Waals surface area contributed by atoms with Crippen LogP contribution in [-0.4, -0.2) is 0 Å². The van der Waals surface area contributed by atoms with Gasteiger partial charge >= 0.3 is 33.5 Å². The van der Waals surface area contributed by atoms with E-state index in [2.05, 4.69) is 43.3 Å². The number of fused-ring (bicyclic) bond motifs is 1. The molecule has 0 nitrogen and oxygen atoms in total. The van der Waals surface area contributed by atoms with Crippen LogP contribution in [0.2, 0.25) is 0 Å². The summed E-state index contributed by atoms with van der Waals surface area (Å²) < 4.78 is 0. The zero-order chi connectivity index (χ0) is 10.4. The first-order valence-corrected chi connectivity index (χ1v) is 7.86. The van der Waals surface area contributed by atoms with Gasteiger partial charge in [-0.1, -0.05) is 13.0 Å². The Morgan fingerprint density at radius 1 is 1.29 bits per heavy atom. The minimum atomic E-state index is -0.181. The number of rotatable bonds is 1. The molecule has 0 N–H and O–H groups in total. The molecule has 0 unspecified atom stereocenters. The number of aryl methyl sites for hydroxylation is 1. The molecule has 14 heavy (non-hydrogen) atoms. The van der Waals surface area contributed by atoms with E-state index in [9.17, 15) is 0 Å². The van der Waals surface area contributed by atoms with Crippen molar-refractivity contribution in [2.24, 2.45) is 0 Å². The molecule has 0 saturated heterocycles. The molecule has 0 aromatic heterocycles. The van der Waals surface area contributed by atoms with Gasteiger partial charge in [-0.05, 0) is 6.42 Å². The average molecular weight is 266 g/mol. The molecule has 0 saturated carbocycles. The van der Waals surface area contributed by atoms with Crippen molar-refractivity contribution in [3.05, 3.63) is 42.0 Å². The molecule has 0 spiro atoms. The molecule has 2 aromatic rings. The molecule has 0 amide bonds. The molecular weight excluding hydrogens is 255 g/mol. The molecule has 0 fully saturated rings. The quantitative estimate of drug-likeness (QED) is 0.667. The van der Waals surface area contributed by atoms with Crippen LogP contribution < -0.4 is 0 Å². The van der Waals surface area contributed by atoms with Crippen LogP contribution in [0.3, 0.4) is 0 Å². The Morgan fingerprint density at radius 2 is 1.93 bits per heavy atom. The van der Waals surface area contributed by atoms with Gasteiger partial charge in [0.15, 0.2) is 0 Å². The Morgan fingerprint density at radius 3 is 2.50 bits per heavy atom. The zero-order valence-electron chi connectivity index (χ0n) is 7.84. The van der Waals surface area contributed by atoms with Gasteiger partial charge in [0.05, 0.1) is 0 Å². The zero-order valence-corrected chi connectivity index (χ0v) is 10.6. The van der Waals surface area contributed by atoms with Crippen LogP contribution in [0.15, 0.2) is 36.4 Å². The van der Waals surface area contributed by atoms with Gasteiger partial charge in [0.1, 0.15) is 0 Å². The monoisotopic (exact) mass is 265 g/mol. The molecule has 2 rings (SSSR count). The summed E-state index contributed by atoms with van der Waals surface area (Å²) in [7, 11) is 9.65. The molecule has 0 bridgehead atoms. The molecule has 0 radical (unpaired) electrons. The Labute approximate surface area is 99.3 Å². The van der Waals surface area contributed by atoms with Gasteiger partial charge in [0, 0.05) is 0 Å². The number of benzene rings is 1. The summed E-state index contributed by atoms with van der Waals surface area (Å²) in [6.45, 7) is 2.19. The van der Waals surface area contributed by atoms with E-state index in [0.717, 1.165) is 6.42 Å². The SMILES string of the molecule is CCc1cc2ccccc2[cH-]1.[Cl][Cr+][Cl]. The molecular formula is C11H11Cl2Cr. The molecule has 0 heterocycles. The molecule has 0 aliphatic rings. The maximum absolute atomic E-state index is 4.83. The topological polar surface area (TPSA) is 0 Å². The van der Waals surface area contributed by atoms with Crippen molar-refractivity contribution in [2.45, 2.75) is 13.3 Å². The molecule has 0 aliphatic heterocycles. The Hall–Kier alpha value is -0.0575. The normalized spacial score (nSPS) is 9.36.